The van der Waals surface area contributed by atoms with Gasteiger partial charge in [-0.25, -0.2) is 4.79 Å². The number of aliphatic carboxylic acids is 1. The fraction of sp³-hybridized carbons (Fsp3) is 0.318. The summed E-state index contributed by atoms with van der Waals surface area (Å²) in [6, 6.07) is 14.2. The lowest BCUT2D eigenvalue weighted by atomic mass is 9.92. The van der Waals surface area contributed by atoms with Crippen molar-refractivity contribution in [2.75, 3.05) is 6.61 Å². The maximum absolute atomic E-state index is 13.2. The Bertz CT molecular complexity index is 862. The van der Waals surface area contributed by atoms with Gasteiger partial charge in [-0.1, -0.05) is 48.0 Å². The molecular formula is C22H23NO5. The first-order valence-electron chi connectivity index (χ1n) is 9.27. The summed E-state index contributed by atoms with van der Waals surface area (Å²) < 4.78 is 5.19. The van der Waals surface area contributed by atoms with Crippen molar-refractivity contribution >= 4 is 17.8 Å². The highest BCUT2D eigenvalue weighted by molar-refractivity contribution is 5.98. The molecule has 0 aromatic heterocycles. The SMILES string of the molecule is CCOC(=O)C1CC(C(=O)O)N(C(=O)c2ccccc2)C1c1ccc(C)cc1. The molecule has 1 N–H and O–H groups in total. The summed E-state index contributed by atoms with van der Waals surface area (Å²) >= 11 is 0. The molecule has 1 amide bonds. The van der Waals surface area contributed by atoms with E-state index in [2.05, 4.69) is 0 Å². The third-order valence-corrected chi connectivity index (χ3v) is 5.04. The van der Waals surface area contributed by atoms with E-state index in [0.717, 1.165) is 11.1 Å². The molecule has 2 aromatic rings. The highest BCUT2D eigenvalue weighted by atomic mass is 16.5. The van der Waals surface area contributed by atoms with Crippen molar-refractivity contribution in [3.8, 4) is 0 Å². The van der Waals surface area contributed by atoms with Crippen LogP contribution in [-0.2, 0) is 14.3 Å². The summed E-state index contributed by atoms with van der Waals surface area (Å²) in [6.07, 6.45) is 0.0191. The number of nitrogens with zero attached hydrogens (tertiary/aromatic N) is 1. The van der Waals surface area contributed by atoms with Gasteiger partial charge < -0.3 is 14.7 Å². The summed E-state index contributed by atoms with van der Waals surface area (Å²) in [5, 5.41) is 9.77. The highest BCUT2D eigenvalue weighted by Crippen LogP contribution is 2.43. The summed E-state index contributed by atoms with van der Waals surface area (Å²) in [4.78, 5) is 39.1. The number of ether oxygens (including phenoxy) is 1. The minimum Gasteiger partial charge on any atom is -0.480 e. The van der Waals surface area contributed by atoms with Crippen LogP contribution >= 0.6 is 0 Å². The summed E-state index contributed by atoms with van der Waals surface area (Å²) in [5.41, 5.74) is 2.14. The van der Waals surface area contributed by atoms with Gasteiger partial charge in [-0.2, -0.15) is 0 Å². The standard InChI is InChI=1S/C22H23NO5/c1-3-28-22(27)17-13-18(21(25)26)23(20(24)16-7-5-4-6-8-16)19(17)15-11-9-14(2)10-12-15/h4-12,17-19H,3,13H2,1-2H3,(H,25,26). The molecule has 3 rings (SSSR count). The van der Waals surface area contributed by atoms with E-state index in [0.29, 0.717) is 5.56 Å². The Hall–Kier alpha value is -3.15. The van der Waals surface area contributed by atoms with E-state index in [1.165, 1.54) is 4.90 Å². The van der Waals surface area contributed by atoms with Crippen LogP contribution in [-0.4, -0.2) is 40.5 Å². The van der Waals surface area contributed by atoms with Crippen LogP contribution in [0.2, 0.25) is 0 Å². The minimum absolute atomic E-state index is 0.0191. The molecular weight excluding hydrogens is 358 g/mol. The third kappa shape index (κ3) is 3.76. The molecule has 1 saturated heterocycles. The lowest BCUT2D eigenvalue weighted by molar-refractivity contribution is -0.148. The Labute approximate surface area is 163 Å². The largest absolute Gasteiger partial charge is 0.480 e. The molecule has 2 aromatic carbocycles. The average molecular weight is 381 g/mol. The van der Waals surface area contributed by atoms with Gasteiger partial charge in [-0.05, 0) is 38.0 Å². The predicted octanol–water partition coefficient (Wildman–Crippen LogP) is 3.21. The van der Waals surface area contributed by atoms with Gasteiger partial charge >= 0.3 is 11.9 Å². The Kier molecular flexibility index (Phi) is 5.78. The van der Waals surface area contributed by atoms with Crippen LogP contribution in [0.1, 0.15) is 40.9 Å². The number of likely N-dealkylation sites (tertiary alicyclic amines) is 1. The number of amides is 1. The fourth-order valence-electron chi connectivity index (χ4n) is 3.72. The zero-order valence-electron chi connectivity index (χ0n) is 15.9. The number of carbonyl (C=O) groups excluding carboxylic acids is 2. The number of rotatable bonds is 5. The summed E-state index contributed by atoms with van der Waals surface area (Å²) in [6.45, 7) is 3.84. The zero-order valence-corrected chi connectivity index (χ0v) is 15.9. The second-order valence-corrected chi connectivity index (χ2v) is 6.88. The number of carboxylic acids is 1. The van der Waals surface area contributed by atoms with Crippen LogP contribution in [0.3, 0.4) is 0 Å². The topological polar surface area (TPSA) is 83.9 Å². The van der Waals surface area contributed by atoms with Gasteiger partial charge in [0.25, 0.3) is 5.91 Å². The van der Waals surface area contributed by atoms with E-state index in [4.69, 9.17) is 4.74 Å². The van der Waals surface area contributed by atoms with Crippen LogP contribution in [0.25, 0.3) is 0 Å². The molecule has 146 valence electrons. The van der Waals surface area contributed by atoms with Gasteiger partial charge in [-0.15, -0.1) is 0 Å². The lowest BCUT2D eigenvalue weighted by Crippen LogP contribution is -2.42. The molecule has 0 aliphatic carbocycles. The first-order valence-corrected chi connectivity index (χ1v) is 9.27. The second kappa shape index (κ2) is 8.25. The van der Waals surface area contributed by atoms with Crippen molar-refractivity contribution in [3.63, 3.8) is 0 Å². The van der Waals surface area contributed by atoms with Crippen LogP contribution in [0.4, 0.5) is 0 Å². The number of carboxylic acid groups (broad SMARTS) is 1. The van der Waals surface area contributed by atoms with Gasteiger partial charge in [0.15, 0.2) is 0 Å². The van der Waals surface area contributed by atoms with Gasteiger partial charge in [0.1, 0.15) is 6.04 Å². The average Bonchev–Trinajstić information content (AvgIpc) is 3.10. The van der Waals surface area contributed by atoms with Gasteiger partial charge in [0, 0.05) is 5.56 Å². The lowest BCUT2D eigenvalue weighted by Gasteiger charge is -2.30. The molecule has 1 fully saturated rings. The van der Waals surface area contributed by atoms with Gasteiger partial charge in [0.05, 0.1) is 18.6 Å². The van der Waals surface area contributed by atoms with E-state index in [1.807, 2.05) is 31.2 Å². The van der Waals surface area contributed by atoms with Gasteiger partial charge in [0.2, 0.25) is 0 Å². The first kappa shape index (κ1) is 19.6. The van der Waals surface area contributed by atoms with E-state index in [-0.39, 0.29) is 13.0 Å². The molecule has 0 spiro atoms. The molecule has 0 saturated carbocycles. The summed E-state index contributed by atoms with van der Waals surface area (Å²) in [5.74, 6) is -2.77. The Morgan fingerprint density at radius 3 is 2.29 bits per heavy atom. The number of carbonyl (C=O) groups is 3. The molecule has 0 bridgehead atoms. The molecule has 1 aliphatic heterocycles. The van der Waals surface area contributed by atoms with E-state index in [9.17, 15) is 19.5 Å². The quantitative estimate of drug-likeness (QED) is 0.804. The van der Waals surface area contributed by atoms with Crippen LogP contribution in [0.15, 0.2) is 54.6 Å². The van der Waals surface area contributed by atoms with Crippen LogP contribution in [0.5, 0.6) is 0 Å². The van der Waals surface area contributed by atoms with Crippen molar-refractivity contribution in [3.05, 3.63) is 71.3 Å². The van der Waals surface area contributed by atoms with Crippen molar-refractivity contribution < 1.29 is 24.2 Å². The highest BCUT2D eigenvalue weighted by Gasteiger charge is 2.51. The molecule has 6 nitrogen and oxygen atoms in total. The maximum atomic E-state index is 13.2. The molecule has 3 atom stereocenters. The number of esters is 1. The Morgan fingerprint density at radius 2 is 1.71 bits per heavy atom. The molecule has 6 heteroatoms. The third-order valence-electron chi connectivity index (χ3n) is 5.04. The molecule has 1 heterocycles. The Morgan fingerprint density at radius 1 is 1.07 bits per heavy atom. The number of hydrogen-bond donors (Lipinski definition) is 1. The number of hydrogen-bond acceptors (Lipinski definition) is 4. The van der Waals surface area contributed by atoms with E-state index >= 15 is 0 Å². The van der Waals surface area contributed by atoms with Gasteiger partial charge in [-0.3, -0.25) is 9.59 Å². The second-order valence-electron chi connectivity index (χ2n) is 6.88. The molecule has 0 radical (unpaired) electrons. The number of aryl methyl sites for hydroxylation is 1. The van der Waals surface area contributed by atoms with Crippen molar-refractivity contribution in [1.29, 1.82) is 0 Å². The Balaban J connectivity index is 2.09. The zero-order chi connectivity index (χ0) is 20.3. The summed E-state index contributed by atoms with van der Waals surface area (Å²) in [7, 11) is 0. The maximum Gasteiger partial charge on any atom is 0.326 e. The number of benzene rings is 2. The predicted molar refractivity (Wildman–Crippen MR) is 103 cm³/mol. The fourth-order valence-corrected chi connectivity index (χ4v) is 3.72. The van der Waals surface area contributed by atoms with E-state index in [1.54, 1.807) is 37.3 Å². The monoisotopic (exact) mass is 381 g/mol. The molecule has 3 unspecified atom stereocenters. The van der Waals surface area contributed by atoms with Crippen LogP contribution in [0, 0.1) is 12.8 Å². The van der Waals surface area contributed by atoms with Crippen molar-refractivity contribution in [2.45, 2.75) is 32.4 Å². The molecule has 28 heavy (non-hydrogen) atoms. The molecule has 1 aliphatic rings. The van der Waals surface area contributed by atoms with Crippen LogP contribution < -0.4 is 0 Å². The normalized spacial score (nSPS) is 21.4. The van der Waals surface area contributed by atoms with Crippen molar-refractivity contribution in [2.24, 2.45) is 5.92 Å². The van der Waals surface area contributed by atoms with E-state index < -0.39 is 35.8 Å². The minimum atomic E-state index is -1.13. The smallest absolute Gasteiger partial charge is 0.326 e. The first-order chi connectivity index (χ1) is 13.4. The van der Waals surface area contributed by atoms with Crippen molar-refractivity contribution in [1.82, 2.24) is 4.90 Å².